The lowest BCUT2D eigenvalue weighted by Gasteiger charge is -2.11. The number of benzene rings is 1. The van der Waals surface area contributed by atoms with Crippen molar-refractivity contribution in [3.63, 3.8) is 0 Å². The first-order valence-electron chi connectivity index (χ1n) is 6.25. The molecule has 0 aliphatic carbocycles. The molecule has 3 rings (SSSR count). The molecule has 19 heavy (non-hydrogen) atoms. The lowest BCUT2D eigenvalue weighted by Crippen LogP contribution is -2.16. The van der Waals surface area contributed by atoms with E-state index in [4.69, 9.17) is 11.6 Å². The molecule has 3 nitrogen and oxygen atoms in total. The highest BCUT2D eigenvalue weighted by molar-refractivity contribution is 7.17. The average molecular weight is 293 g/mol. The van der Waals surface area contributed by atoms with Gasteiger partial charge in [0.05, 0.1) is 11.1 Å². The van der Waals surface area contributed by atoms with Gasteiger partial charge in [0.15, 0.2) is 5.13 Å². The summed E-state index contributed by atoms with van der Waals surface area (Å²) >= 11 is 7.29. The van der Waals surface area contributed by atoms with Crippen molar-refractivity contribution in [1.82, 2.24) is 4.98 Å². The zero-order valence-electron chi connectivity index (χ0n) is 10.3. The molecular weight excluding hydrogens is 280 g/mol. The minimum Gasteiger partial charge on any atom is -0.348 e. The van der Waals surface area contributed by atoms with E-state index in [-0.39, 0.29) is 5.78 Å². The number of carbonyl (C=O) groups is 1. The fraction of sp³-hybridized carbons (Fsp3) is 0.286. The van der Waals surface area contributed by atoms with E-state index in [1.54, 1.807) is 30.5 Å². The normalized spacial score (nSPS) is 14.9. The van der Waals surface area contributed by atoms with E-state index in [0.717, 1.165) is 18.2 Å². The van der Waals surface area contributed by atoms with Crippen LogP contribution >= 0.6 is 22.9 Å². The maximum Gasteiger partial charge on any atom is 0.204 e. The Bertz CT molecular complexity index is 588. The van der Waals surface area contributed by atoms with Crippen LogP contribution in [0.1, 0.15) is 28.1 Å². The first-order chi connectivity index (χ1) is 9.24. The van der Waals surface area contributed by atoms with Gasteiger partial charge in [0.1, 0.15) is 0 Å². The highest BCUT2D eigenvalue weighted by Gasteiger charge is 2.18. The molecule has 1 fully saturated rings. The Morgan fingerprint density at radius 3 is 2.58 bits per heavy atom. The molecule has 5 heteroatoms. The maximum absolute atomic E-state index is 12.3. The minimum absolute atomic E-state index is 0.0135. The van der Waals surface area contributed by atoms with E-state index >= 15 is 0 Å². The van der Waals surface area contributed by atoms with E-state index < -0.39 is 0 Å². The quantitative estimate of drug-likeness (QED) is 0.810. The SMILES string of the molecule is O=C(c1ccc(Cl)cc1)c1cnc(N2CCCC2)s1. The van der Waals surface area contributed by atoms with Crippen LogP contribution in [0.4, 0.5) is 5.13 Å². The van der Waals surface area contributed by atoms with Crippen LogP contribution in [0.2, 0.25) is 5.02 Å². The van der Waals surface area contributed by atoms with Crippen molar-refractivity contribution < 1.29 is 4.79 Å². The van der Waals surface area contributed by atoms with E-state index in [1.807, 2.05) is 0 Å². The summed E-state index contributed by atoms with van der Waals surface area (Å²) in [5.41, 5.74) is 0.654. The number of halogens is 1. The largest absolute Gasteiger partial charge is 0.348 e. The summed E-state index contributed by atoms with van der Waals surface area (Å²) in [6, 6.07) is 6.97. The minimum atomic E-state index is 0.0135. The first-order valence-corrected chi connectivity index (χ1v) is 7.44. The smallest absolute Gasteiger partial charge is 0.204 e. The van der Waals surface area contributed by atoms with E-state index in [9.17, 15) is 4.79 Å². The average Bonchev–Trinajstić information content (AvgIpc) is 3.10. The number of aromatic nitrogens is 1. The monoisotopic (exact) mass is 292 g/mol. The number of thiazole rings is 1. The Morgan fingerprint density at radius 2 is 1.89 bits per heavy atom. The standard InChI is InChI=1S/C14H13ClN2OS/c15-11-5-3-10(4-6-11)13(18)12-9-16-14(19-12)17-7-1-2-8-17/h3-6,9H,1-2,7-8H2. The van der Waals surface area contributed by atoms with Gasteiger partial charge in [0, 0.05) is 23.7 Å². The highest BCUT2D eigenvalue weighted by atomic mass is 35.5. The topological polar surface area (TPSA) is 33.2 Å². The van der Waals surface area contributed by atoms with Gasteiger partial charge in [-0.15, -0.1) is 0 Å². The van der Waals surface area contributed by atoms with Gasteiger partial charge in [-0.1, -0.05) is 22.9 Å². The Kier molecular flexibility index (Phi) is 3.53. The Balaban J connectivity index is 1.82. The Labute approximate surface area is 120 Å². The molecule has 98 valence electrons. The van der Waals surface area contributed by atoms with Gasteiger partial charge in [-0.05, 0) is 37.1 Å². The van der Waals surface area contributed by atoms with Crippen molar-refractivity contribution in [3.8, 4) is 0 Å². The van der Waals surface area contributed by atoms with E-state index in [1.165, 1.54) is 24.2 Å². The highest BCUT2D eigenvalue weighted by Crippen LogP contribution is 2.27. The van der Waals surface area contributed by atoms with Gasteiger partial charge in [-0.2, -0.15) is 0 Å². The van der Waals surface area contributed by atoms with Crippen molar-refractivity contribution in [3.05, 3.63) is 45.9 Å². The fourth-order valence-corrected chi connectivity index (χ4v) is 3.22. The lowest BCUT2D eigenvalue weighted by molar-refractivity contribution is 0.104. The molecule has 1 aromatic carbocycles. The number of hydrogen-bond donors (Lipinski definition) is 0. The molecule has 0 amide bonds. The fourth-order valence-electron chi connectivity index (χ4n) is 2.17. The number of anilines is 1. The molecule has 1 aliphatic rings. The predicted molar refractivity (Wildman–Crippen MR) is 78.4 cm³/mol. The van der Waals surface area contributed by atoms with Crippen LogP contribution in [0.15, 0.2) is 30.5 Å². The van der Waals surface area contributed by atoms with Crippen molar-refractivity contribution in [2.75, 3.05) is 18.0 Å². The molecule has 0 saturated carbocycles. The van der Waals surface area contributed by atoms with Gasteiger partial charge in [0.25, 0.3) is 0 Å². The van der Waals surface area contributed by atoms with Gasteiger partial charge >= 0.3 is 0 Å². The lowest BCUT2D eigenvalue weighted by atomic mass is 10.1. The van der Waals surface area contributed by atoms with Gasteiger partial charge in [-0.25, -0.2) is 4.98 Å². The van der Waals surface area contributed by atoms with Crippen molar-refractivity contribution >= 4 is 33.9 Å². The maximum atomic E-state index is 12.3. The molecular formula is C14H13ClN2OS. The molecule has 0 radical (unpaired) electrons. The molecule has 1 aliphatic heterocycles. The summed E-state index contributed by atoms with van der Waals surface area (Å²) in [6.07, 6.45) is 4.09. The van der Waals surface area contributed by atoms with Crippen LogP contribution < -0.4 is 4.90 Å². The molecule has 0 atom stereocenters. The second-order valence-corrected chi connectivity index (χ2v) is 5.98. The van der Waals surface area contributed by atoms with Crippen LogP contribution in [-0.4, -0.2) is 23.9 Å². The third kappa shape index (κ3) is 2.65. The van der Waals surface area contributed by atoms with Crippen LogP contribution in [0.25, 0.3) is 0 Å². The molecule has 0 bridgehead atoms. The first kappa shape index (κ1) is 12.6. The number of hydrogen-bond acceptors (Lipinski definition) is 4. The zero-order chi connectivity index (χ0) is 13.2. The summed E-state index contributed by atoms with van der Waals surface area (Å²) in [5, 5.41) is 1.59. The molecule has 2 aromatic rings. The van der Waals surface area contributed by atoms with E-state index in [2.05, 4.69) is 9.88 Å². The van der Waals surface area contributed by atoms with E-state index in [0.29, 0.717) is 15.5 Å². The molecule has 0 unspecified atom stereocenters. The summed E-state index contributed by atoms with van der Waals surface area (Å²) < 4.78 is 0. The Hall–Kier alpha value is -1.39. The number of carbonyl (C=O) groups excluding carboxylic acids is 1. The Morgan fingerprint density at radius 1 is 1.21 bits per heavy atom. The number of ketones is 1. The molecule has 0 N–H and O–H groups in total. The number of nitrogens with zero attached hydrogens (tertiary/aromatic N) is 2. The summed E-state index contributed by atoms with van der Waals surface area (Å²) in [4.78, 5) is 19.6. The van der Waals surface area contributed by atoms with Crippen molar-refractivity contribution in [2.24, 2.45) is 0 Å². The van der Waals surface area contributed by atoms with Crippen molar-refractivity contribution in [2.45, 2.75) is 12.8 Å². The van der Waals surface area contributed by atoms with Crippen LogP contribution in [0.3, 0.4) is 0 Å². The summed E-state index contributed by atoms with van der Waals surface area (Å²) in [5.74, 6) is 0.0135. The molecule has 2 heterocycles. The number of rotatable bonds is 3. The van der Waals surface area contributed by atoms with Crippen molar-refractivity contribution in [1.29, 1.82) is 0 Å². The predicted octanol–water partition coefficient (Wildman–Crippen LogP) is 3.63. The molecule has 0 spiro atoms. The third-order valence-corrected chi connectivity index (χ3v) is 4.51. The summed E-state index contributed by atoms with van der Waals surface area (Å²) in [6.45, 7) is 2.09. The van der Waals surface area contributed by atoms with Crippen LogP contribution in [-0.2, 0) is 0 Å². The van der Waals surface area contributed by atoms with Gasteiger partial charge in [0.2, 0.25) is 5.78 Å². The second kappa shape index (κ2) is 5.31. The molecule has 1 saturated heterocycles. The van der Waals surface area contributed by atoms with Gasteiger partial charge in [-0.3, -0.25) is 4.79 Å². The van der Waals surface area contributed by atoms with Gasteiger partial charge < -0.3 is 4.90 Å². The third-order valence-electron chi connectivity index (χ3n) is 3.20. The van der Waals surface area contributed by atoms with Crippen LogP contribution in [0.5, 0.6) is 0 Å². The molecule has 1 aromatic heterocycles. The summed E-state index contributed by atoms with van der Waals surface area (Å²) in [7, 11) is 0. The second-order valence-electron chi connectivity index (χ2n) is 4.54. The zero-order valence-corrected chi connectivity index (χ0v) is 11.9. The van der Waals surface area contributed by atoms with Crippen LogP contribution in [0, 0.1) is 0 Å².